The van der Waals surface area contributed by atoms with E-state index in [1.165, 1.54) is 11.3 Å². The van der Waals surface area contributed by atoms with E-state index >= 15 is 0 Å². The molecule has 0 bridgehead atoms. The van der Waals surface area contributed by atoms with E-state index in [4.69, 9.17) is 16.3 Å². The van der Waals surface area contributed by atoms with Gasteiger partial charge in [-0.25, -0.2) is 4.99 Å². The van der Waals surface area contributed by atoms with Gasteiger partial charge in [-0.2, -0.15) is 0 Å². The molecule has 0 atom stereocenters. The van der Waals surface area contributed by atoms with Gasteiger partial charge in [-0.15, -0.1) is 10.2 Å². The summed E-state index contributed by atoms with van der Waals surface area (Å²) in [5.41, 5.74) is 1.83. The van der Waals surface area contributed by atoms with Crippen molar-refractivity contribution >= 4 is 50.2 Å². The number of halogens is 2. The Morgan fingerprint density at radius 1 is 1.17 bits per heavy atom. The second kappa shape index (κ2) is 7.21. The van der Waals surface area contributed by atoms with Gasteiger partial charge in [-0.1, -0.05) is 51.0 Å². The lowest BCUT2D eigenvalue weighted by molar-refractivity contribution is 0.414. The molecule has 0 radical (unpaired) electrons. The molecule has 0 fully saturated rings. The first-order valence-electron chi connectivity index (χ1n) is 6.63. The standard InChI is InChI=1S/C16H11BrClN3OS/c1-22-14-7-4-12(17)8-11(14)9-19-16-21-20-15(23-16)10-2-5-13(18)6-3-10/h2-9H,1H3/b19-9+. The molecule has 7 heteroatoms. The third-order valence-corrected chi connectivity index (χ3v) is 4.64. The zero-order valence-electron chi connectivity index (χ0n) is 12.0. The van der Waals surface area contributed by atoms with Crippen molar-refractivity contribution < 1.29 is 4.74 Å². The maximum Gasteiger partial charge on any atom is 0.231 e. The molecule has 0 unspecified atom stereocenters. The van der Waals surface area contributed by atoms with Crippen molar-refractivity contribution in [2.45, 2.75) is 0 Å². The second-order valence-electron chi connectivity index (χ2n) is 4.54. The van der Waals surface area contributed by atoms with Crippen molar-refractivity contribution in [2.24, 2.45) is 4.99 Å². The van der Waals surface area contributed by atoms with E-state index in [2.05, 4.69) is 31.1 Å². The maximum absolute atomic E-state index is 5.89. The van der Waals surface area contributed by atoms with Crippen LogP contribution in [-0.2, 0) is 0 Å². The number of aliphatic imine (C=N–C) groups is 1. The number of ether oxygens (including phenoxy) is 1. The molecule has 2 aromatic carbocycles. The first-order chi connectivity index (χ1) is 11.2. The van der Waals surface area contributed by atoms with Crippen LogP contribution in [0.4, 0.5) is 5.13 Å². The van der Waals surface area contributed by atoms with Crippen LogP contribution in [0.25, 0.3) is 10.6 Å². The van der Waals surface area contributed by atoms with Gasteiger partial charge in [0.1, 0.15) is 10.8 Å². The fraction of sp³-hybridized carbons (Fsp3) is 0.0625. The average molecular weight is 409 g/mol. The molecule has 116 valence electrons. The minimum Gasteiger partial charge on any atom is -0.496 e. The lowest BCUT2D eigenvalue weighted by atomic mass is 10.2. The lowest BCUT2D eigenvalue weighted by Crippen LogP contribution is -1.90. The summed E-state index contributed by atoms with van der Waals surface area (Å²) in [6.45, 7) is 0. The van der Waals surface area contributed by atoms with Crippen LogP contribution in [0.5, 0.6) is 5.75 Å². The summed E-state index contributed by atoms with van der Waals surface area (Å²) in [5, 5.41) is 10.3. The highest BCUT2D eigenvalue weighted by molar-refractivity contribution is 9.10. The van der Waals surface area contributed by atoms with Crippen molar-refractivity contribution in [3.8, 4) is 16.3 Å². The highest BCUT2D eigenvalue weighted by Crippen LogP contribution is 2.29. The van der Waals surface area contributed by atoms with Crippen LogP contribution in [0, 0.1) is 0 Å². The molecule has 0 saturated heterocycles. The van der Waals surface area contributed by atoms with Crippen LogP contribution in [0.3, 0.4) is 0 Å². The Morgan fingerprint density at radius 3 is 2.70 bits per heavy atom. The van der Waals surface area contributed by atoms with E-state index in [0.717, 1.165) is 26.4 Å². The predicted octanol–water partition coefficient (Wildman–Crippen LogP) is 5.38. The van der Waals surface area contributed by atoms with Crippen LogP contribution in [0.1, 0.15) is 5.56 Å². The largest absolute Gasteiger partial charge is 0.496 e. The summed E-state index contributed by atoms with van der Waals surface area (Å²) < 4.78 is 6.27. The highest BCUT2D eigenvalue weighted by atomic mass is 79.9. The third kappa shape index (κ3) is 3.96. The maximum atomic E-state index is 5.89. The smallest absolute Gasteiger partial charge is 0.231 e. The van der Waals surface area contributed by atoms with Gasteiger partial charge in [-0.3, -0.25) is 0 Å². The van der Waals surface area contributed by atoms with E-state index < -0.39 is 0 Å². The van der Waals surface area contributed by atoms with Gasteiger partial charge in [0.15, 0.2) is 0 Å². The summed E-state index contributed by atoms with van der Waals surface area (Å²) in [6, 6.07) is 13.2. The van der Waals surface area contributed by atoms with E-state index in [9.17, 15) is 0 Å². The first kappa shape index (κ1) is 16.1. The van der Waals surface area contributed by atoms with Gasteiger partial charge in [0.2, 0.25) is 5.13 Å². The quantitative estimate of drug-likeness (QED) is 0.544. The fourth-order valence-corrected chi connectivity index (χ4v) is 3.11. The average Bonchev–Trinajstić information content (AvgIpc) is 3.03. The molecule has 0 aliphatic rings. The molecule has 0 N–H and O–H groups in total. The van der Waals surface area contributed by atoms with Crippen molar-refractivity contribution in [3.63, 3.8) is 0 Å². The Kier molecular flexibility index (Phi) is 5.05. The summed E-state index contributed by atoms with van der Waals surface area (Å²) in [5.74, 6) is 0.749. The van der Waals surface area contributed by atoms with Crippen molar-refractivity contribution in [1.29, 1.82) is 0 Å². The summed E-state index contributed by atoms with van der Waals surface area (Å²) in [4.78, 5) is 4.38. The Hall–Kier alpha value is -1.76. The molecule has 0 saturated carbocycles. The molecule has 3 rings (SSSR count). The van der Waals surface area contributed by atoms with E-state index in [1.807, 2.05) is 42.5 Å². The Bertz CT molecular complexity index is 849. The minimum absolute atomic E-state index is 0.581. The van der Waals surface area contributed by atoms with E-state index in [-0.39, 0.29) is 0 Å². The SMILES string of the molecule is COc1ccc(Br)cc1/C=N/c1nnc(-c2ccc(Cl)cc2)s1. The molecular formula is C16H11BrClN3OS. The number of nitrogens with zero attached hydrogens (tertiary/aromatic N) is 3. The van der Waals surface area contributed by atoms with Crippen LogP contribution in [0.2, 0.25) is 5.02 Å². The Balaban J connectivity index is 1.84. The summed E-state index contributed by atoms with van der Waals surface area (Å²) >= 11 is 10.7. The second-order valence-corrected chi connectivity index (χ2v) is 6.85. The molecule has 3 aromatic rings. The molecule has 1 aromatic heterocycles. The Morgan fingerprint density at radius 2 is 1.96 bits per heavy atom. The molecular weight excluding hydrogens is 398 g/mol. The zero-order valence-corrected chi connectivity index (χ0v) is 15.2. The lowest BCUT2D eigenvalue weighted by Gasteiger charge is -2.03. The van der Waals surface area contributed by atoms with Gasteiger partial charge in [0.25, 0.3) is 0 Å². The van der Waals surface area contributed by atoms with Crippen molar-refractivity contribution in [2.75, 3.05) is 7.11 Å². The molecule has 0 aliphatic carbocycles. The molecule has 0 spiro atoms. The Labute approximate surface area is 151 Å². The van der Waals surface area contributed by atoms with Crippen LogP contribution in [-0.4, -0.2) is 23.5 Å². The van der Waals surface area contributed by atoms with Gasteiger partial charge in [0, 0.05) is 26.8 Å². The summed E-state index contributed by atoms with van der Waals surface area (Å²) in [6.07, 6.45) is 1.72. The minimum atomic E-state index is 0.581. The number of benzene rings is 2. The number of hydrogen-bond donors (Lipinski definition) is 0. The van der Waals surface area contributed by atoms with Gasteiger partial charge in [-0.05, 0) is 30.3 Å². The number of methoxy groups -OCH3 is 1. The molecule has 0 amide bonds. The van der Waals surface area contributed by atoms with Gasteiger partial charge in [0.05, 0.1) is 7.11 Å². The predicted molar refractivity (Wildman–Crippen MR) is 98.3 cm³/mol. The molecule has 4 nitrogen and oxygen atoms in total. The van der Waals surface area contributed by atoms with Crippen LogP contribution >= 0.6 is 38.9 Å². The van der Waals surface area contributed by atoms with Crippen molar-refractivity contribution in [1.82, 2.24) is 10.2 Å². The van der Waals surface area contributed by atoms with Crippen LogP contribution in [0.15, 0.2) is 51.9 Å². The van der Waals surface area contributed by atoms with Crippen molar-refractivity contribution in [3.05, 3.63) is 57.5 Å². The normalized spacial score (nSPS) is 11.1. The topological polar surface area (TPSA) is 47.4 Å². The highest BCUT2D eigenvalue weighted by Gasteiger charge is 2.06. The monoisotopic (exact) mass is 407 g/mol. The van der Waals surface area contributed by atoms with E-state index in [0.29, 0.717) is 10.2 Å². The molecule has 23 heavy (non-hydrogen) atoms. The third-order valence-electron chi connectivity index (χ3n) is 3.01. The van der Waals surface area contributed by atoms with Crippen LogP contribution < -0.4 is 4.74 Å². The number of hydrogen-bond acceptors (Lipinski definition) is 5. The van der Waals surface area contributed by atoms with E-state index in [1.54, 1.807) is 13.3 Å². The molecule has 1 heterocycles. The number of aromatic nitrogens is 2. The molecule has 0 aliphatic heterocycles. The zero-order chi connectivity index (χ0) is 16.2. The van der Waals surface area contributed by atoms with Gasteiger partial charge >= 0.3 is 0 Å². The number of rotatable bonds is 4. The fourth-order valence-electron chi connectivity index (χ4n) is 1.91. The van der Waals surface area contributed by atoms with Gasteiger partial charge < -0.3 is 4.74 Å². The first-order valence-corrected chi connectivity index (χ1v) is 8.61. The summed E-state index contributed by atoms with van der Waals surface area (Å²) in [7, 11) is 1.63.